The Balaban J connectivity index is 0.00000264. The van der Waals surface area contributed by atoms with E-state index in [2.05, 4.69) is 27.6 Å². The molecule has 0 radical (unpaired) electrons. The number of amides is 1. The third-order valence-electron chi connectivity index (χ3n) is 4.23. The first kappa shape index (κ1) is 20.8. The molecule has 23 heavy (non-hydrogen) atoms. The molecule has 2 aliphatic rings. The van der Waals surface area contributed by atoms with Crippen molar-refractivity contribution in [2.75, 3.05) is 59.1 Å². The summed E-state index contributed by atoms with van der Waals surface area (Å²) in [5, 5.41) is 7.30. The van der Waals surface area contributed by atoms with Gasteiger partial charge in [-0.3, -0.25) is 9.79 Å². The van der Waals surface area contributed by atoms with Crippen LogP contribution in [0.15, 0.2) is 4.99 Å². The minimum atomic E-state index is 0. The lowest BCUT2D eigenvalue weighted by molar-refractivity contribution is -0.132. The van der Waals surface area contributed by atoms with E-state index in [9.17, 15) is 4.79 Å². The van der Waals surface area contributed by atoms with Gasteiger partial charge in [-0.05, 0) is 25.6 Å². The molecule has 0 spiro atoms. The number of halogens is 1. The predicted molar refractivity (Wildman–Crippen MR) is 109 cm³/mol. The zero-order valence-electron chi connectivity index (χ0n) is 14.2. The van der Waals surface area contributed by atoms with Gasteiger partial charge in [0.1, 0.15) is 0 Å². The molecule has 6 nitrogen and oxygen atoms in total. The van der Waals surface area contributed by atoms with Crippen LogP contribution in [0.5, 0.6) is 0 Å². The summed E-state index contributed by atoms with van der Waals surface area (Å²) < 4.78 is 0. The van der Waals surface area contributed by atoms with Crippen molar-refractivity contribution in [1.29, 1.82) is 0 Å². The molecule has 0 aromatic carbocycles. The zero-order chi connectivity index (χ0) is 15.8. The highest BCUT2D eigenvalue weighted by atomic mass is 127. The van der Waals surface area contributed by atoms with Gasteiger partial charge < -0.3 is 20.4 Å². The second kappa shape index (κ2) is 11.4. The van der Waals surface area contributed by atoms with Crippen molar-refractivity contribution in [3.63, 3.8) is 0 Å². The minimum absolute atomic E-state index is 0. The molecule has 134 valence electrons. The number of carbonyl (C=O) groups excluding carboxylic acids is 1. The Bertz CT molecular complexity index is 382. The largest absolute Gasteiger partial charge is 0.356 e. The quantitative estimate of drug-likeness (QED) is 0.366. The Morgan fingerprint density at radius 3 is 2.61 bits per heavy atom. The number of piperazine rings is 1. The van der Waals surface area contributed by atoms with Crippen LogP contribution in [0.2, 0.25) is 0 Å². The van der Waals surface area contributed by atoms with E-state index >= 15 is 0 Å². The van der Waals surface area contributed by atoms with Gasteiger partial charge in [0.2, 0.25) is 5.91 Å². The summed E-state index contributed by atoms with van der Waals surface area (Å²) in [6.45, 7) is 5.24. The van der Waals surface area contributed by atoms with Crippen molar-refractivity contribution < 1.29 is 4.79 Å². The standard InChI is InChI=1S/C15H29N5OS.HI/c1-16-15(18-12-13-4-3-11-22-13)17-6-5-14(21)20-9-7-19(2)8-10-20;/h13H,3-12H2,1-2H3,(H2,16,17,18);1H. The Hall–Kier alpha value is -0.220. The fourth-order valence-electron chi connectivity index (χ4n) is 2.74. The molecule has 0 aromatic heterocycles. The molecule has 0 saturated carbocycles. The van der Waals surface area contributed by atoms with E-state index in [0.29, 0.717) is 18.2 Å². The maximum absolute atomic E-state index is 12.1. The van der Waals surface area contributed by atoms with Crippen molar-refractivity contribution >= 4 is 47.6 Å². The summed E-state index contributed by atoms with van der Waals surface area (Å²) in [6, 6.07) is 0. The molecule has 1 unspecified atom stereocenters. The maximum Gasteiger partial charge on any atom is 0.224 e. The van der Waals surface area contributed by atoms with Crippen molar-refractivity contribution in [3.05, 3.63) is 0 Å². The average molecular weight is 455 g/mol. The van der Waals surface area contributed by atoms with Crippen molar-refractivity contribution in [2.24, 2.45) is 4.99 Å². The van der Waals surface area contributed by atoms with Crippen molar-refractivity contribution in [1.82, 2.24) is 20.4 Å². The highest BCUT2D eigenvalue weighted by Crippen LogP contribution is 2.25. The molecule has 2 aliphatic heterocycles. The lowest BCUT2D eigenvalue weighted by Crippen LogP contribution is -2.48. The summed E-state index contributed by atoms with van der Waals surface area (Å²) in [5.74, 6) is 2.32. The Morgan fingerprint density at radius 2 is 2.00 bits per heavy atom. The predicted octanol–water partition coefficient (Wildman–Crippen LogP) is 0.829. The molecule has 1 amide bonds. The third kappa shape index (κ3) is 7.47. The molecule has 1 atom stereocenters. The molecule has 2 N–H and O–H groups in total. The zero-order valence-corrected chi connectivity index (χ0v) is 17.4. The number of hydrogen-bond donors (Lipinski definition) is 2. The summed E-state index contributed by atoms with van der Waals surface area (Å²) in [5.41, 5.74) is 0. The van der Waals surface area contributed by atoms with Gasteiger partial charge in [-0.15, -0.1) is 24.0 Å². The minimum Gasteiger partial charge on any atom is -0.356 e. The summed E-state index contributed by atoms with van der Waals surface area (Å²) in [4.78, 5) is 20.6. The van der Waals surface area contributed by atoms with Gasteiger partial charge in [-0.25, -0.2) is 0 Å². The smallest absolute Gasteiger partial charge is 0.224 e. The Morgan fingerprint density at radius 1 is 1.26 bits per heavy atom. The average Bonchev–Trinajstić information content (AvgIpc) is 3.04. The van der Waals surface area contributed by atoms with Crippen LogP contribution in [-0.2, 0) is 4.79 Å². The van der Waals surface area contributed by atoms with Crippen LogP contribution >= 0.6 is 35.7 Å². The lowest BCUT2D eigenvalue weighted by atomic mass is 10.2. The van der Waals surface area contributed by atoms with Crippen LogP contribution in [-0.4, -0.2) is 86.0 Å². The molecular weight excluding hydrogens is 425 g/mol. The number of nitrogens with zero attached hydrogens (tertiary/aromatic N) is 3. The van der Waals surface area contributed by atoms with E-state index in [4.69, 9.17) is 0 Å². The number of thioether (sulfide) groups is 1. The second-order valence-corrected chi connectivity index (χ2v) is 7.36. The highest BCUT2D eigenvalue weighted by molar-refractivity contribution is 14.0. The number of nitrogens with one attached hydrogen (secondary N) is 2. The van der Waals surface area contributed by atoms with Crippen LogP contribution in [0.3, 0.4) is 0 Å². The number of rotatable bonds is 5. The first-order chi connectivity index (χ1) is 10.7. The van der Waals surface area contributed by atoms with Gasteiger partial charge in [0, 0.05) is 58.0 Å². The molecule has 0 bridgehead atoms. The van der Waals surface area contributed by atoms with Gasteiger partial charge in [0.25, 0.3) is 0 Å². The van der Waals surface area contributed by atoms with Crippen LogP contribution in [0.4, 0.5) is 0 Å². The van der Waals surface area contributed by atoms with Gasteiger partial charge in [-0.1, -0.05) is 0 Å². The molecule has 0 aliphatic carbocycles. The molecule has 2 saturated heterocycles. The molecule has 2 heterocycles. The molecule has 8 heteroatoms. The molecule has 0 aromatic rings. The first-order valence-electron chi connectivity index (χ1n) is 8.21. The number of carbonyl (C=O) groups is 1. The monoisotopic (exact) mass is 455 g/mol. The SMILES string of the molecule is CN=C(NCCC(=O)N1CCN(C)CC1)NCC1CCCS1.I. The van der Waals surface area contributed by atoms with E-state index < -0.39 is 0 Å². The van der Waals surface area contributed by atoms with Gasteiger partial charge >= 0.3 is 0 Å². The summed E-state index contributed by atoms with van der Waals surface area (Å²) in [6.07, 6.45) is 3.14. The number of aliphatic imine (C=N–C) groups is 1. The fraction of sp³-hybridized carbons (Fsp3) is 0.867. The van der Waals surface area contributed by atoms with E-state index in [1.165, 1.54) is 18.6 Å². The fourth-order valence-corrected chi connectivity index (χ4v) is 3.94. The number of guanidine groups is 1. The number of hydrogen-bond acceptors (Lipinski definition) is 4. The van der Waals surface area contributed by atoms with Crippen LogP contribution < -0.4 is 10.6 Å². The van der Waals surface area contributed by atoms with Gasteiger partial charge in [0.15, 0.2) is 5.96 Å². The van der Waals surface area contributed by atoms with Crippen molar-refractivity contribution in [3.8, 4) is 0 Å². The maximum atomic E-state index is 12.1. The second-order valence-electron chi connectivity index (χ2n) is 5.95. The first-order valence-corrected chi connectivity index (χ1v) is 9.26. The van der Waals surface area contributed by atoms with Crippen LogP contribution in [0.1, 0.15) is 19.3 Å². The van der Waals surface area contributed by atoms with E-state index in [1.807, 2.05) is 16.7 Å². The molecular formula is C15H30IN5OS. The van der Waals surface area contributed by atoms with E-state index in [-0.39, 0.29) is 29.9 Å². The highest BCUT2D eigenvalue weighted by Gasteiger charge is 2.19. The topological polar surface area (TPSA) is 60.0 Å². The lowest BCUT2D eigenvalue weighted by Gasteiger charge is -2.32. The van der Waals surface area contributed by atoms with Crippen molar-refractivity contribution in [2.45, 2.75) is 24.5 Å². The Labute approximate surface area is 161 Å². The summed E-state index contributed by atoms with van der Waals surface area (Å²) in [7, 11) is 3.88. The van der Waals surface area contributed by atoms with Gasteiger partial charge in [-0.2, -0.15) is 11.8 Å². The molecule has 2 rings (SSSR count). The Kier molecular flexibility index (Phi) is 10.3. The third-order valence-corrected chi connectivity index (χ3v) is 5.63. The van der Waals surface area contributed by atoms with E-state index in [1.54, 1.807) is 7.05 Å². The molecule has 2 fully saturated rings. The van der Waals surface area contributed by atoms with Crippen LogP contribution in [0, 0.1) is 0 Å². The summed E-state index contributed by atoms with van der Waals surface area (Å²) >= 11 is 2.03. The normalized spacial score (nSPS) is 22.6. The van der Waals surface area contributed by atoms with Gasteiger partial charge in [0.05, 0.1) is 0 Å². The van der Waals surface area contributed by atoms with Crippen LogP contribution in [0.25, 0.3) is 0 Å². The van der Waals surface area contributed by atoms with E-state index in [0.717, 1.165) is 38.7 Å². The number of likely N-dealkylation sites (N-methyl/N-ethyl adjacent to an activating group) is 1.